The van der Waals surface area contributed by atoms with E-state index in [1.165, 1.54) is 11.8 Å². The molecule has 1 atom stereocenters. The lowest BCUT2D eigenvalue weighted by atomic mass is 10.3. The van der Waals surface area contributed by atoms with Crippen molar-refractivity contribution in [2.24, 2.45) is 0 Å². The molecule has 0 spiro atoms. The number of rotatable bonds is 6. The quantitative estimate of drug-likeness (QED) is 0.678. The first kappa shape index (κ1) is 16.3. The lowest BCUT2D eigenvalue weighted by molar-refractivity contribution is -0.139. The molecule has 0 aromatic heterocycles. The fourth-order valence-electron chi connectivity index (χ4n) is 2.01. The van der Waals surface area contributed by atoms with E-state index >= 15 is 0 Å². The van der Waals surface area contributed by atoms with Crippen LogP contribution >= 0.6 is 11.8 Å². The molecule has 1 unspecified atom stereocenters. The third-order valence-corrected chi connectivity index (χ3v) is 4.34. The first-order valence-corrected chi connectivity index (χ1v) is 7.91. The molecule has 5 nitrogen and oxygen atoms in total. The second-order valence-electron chi connectivity index (χ2n) is 4.52. The fraction of sp³-hybridized carbons (Fsp3) is 0.846. The Morgan fingerprint density at radius 1 is 1.21 bits per heavy atom. The Morgan fingerprint density at radius 3 is 2.37 bits per heavy atom. The standard InChI is InChI=1S/C13H24N2O3S/c1-4-14-6-8-15(9-7-14)13(17)11(3)19-10-12(16)18-5-2/h11H,4-10H2,1-3H3. The van der Waals surface area contributed by atoms with Gasteiger partial charge in [0.25, 0.3) is 0 Å². The van der Waals surface area contributed by atoms with Crippen LogP contribution in [0.2, 0.25) is 0 Å². The zero-order valence-corrected chi connectivity index (χ0v) is 12.9. The predicted molar refractivity (Wildman–Crippen MR) is 77.2 cm³/mol. The summed E-state index contributed by atoms with van der Waals surface area (Å²) in [6.07, 6.45) is 0. The predicted octanol–water partition coefficient (Wildman–Crippen LogP) is 0.835. The van der Waals surface area contributed by atoms with Gasteiger partial charge in [-0.1, -0.05) is 6.92 Å². The van der Waals surface area contributed by atoms with Gasteiger partial charge in [0.15, 0.2) is 0 Å². The average molecular weight is 288 g/mol. The summed E-state index contributed by atoms with van der Waals surface area (Å²) in [4.78, 5) is 27.7. The Labute approximate surface area is 119 Å². The summed E-state index contributed by atoms with van der Waals surface area (Å²) in [7, 11) is 0. The van der Waals surface area contributed by atoms with Crippen LogP contribution in [-0.4, -0.2) is 72.0 Å². The first-order valence-electron chi connectivity index (χ1n) is 6.86. The summed E-state index contributed by atoms with van der Waals surface area (Å²) in [5.74, 6) is 0.128. The highest BCUT2D eigenvalue weighted by molar-refractivity contribution is 8.01. The molecular formula is C13H24N2O3S. The number of ether oxygens (including phenoxy) is 1. The number of nitrogens with zero attached hydrogens (tertiary/aromatic N) is 2. The fourth-order valence-corrected chi connectivity index (χ4v) is 2.77. The van der Waals surface area contributed by atoms with E-state index in [4.69, 9.17) is 4.74 Å². The Morgan fingerprint density at radius 2 is 1.84 bits per heavy atom. The van der Waals surface area contributed by atoms with Crippen LogP contribution in [-0.2, 0) is 14.3 Å². The summed E-state index contributed by atoms with van der Waals surface area (Å²) in [6.45, 7) is 10.7. The molecule has 19 heavy (non-hydrogen) atoms. The molecule has 1 aliphatic rings. The van der Waals surface area contributed by atoms with Gasteiger partial charge in [0.1, 0.15) is 0 Å². The van der Waals surface area contributed by atoms with Crippen molar-refractivity contribution in [3.8, 4) is 0 Å². The average Bonchev–Trinajstić information content (AvgIpc) is 2.44. The lowest BCUT2D eigenvalue weighted by Gasteiger charge is -2.35. The van der Waals surface area contributed by atoms with Crippen LogP contribution in [0.4, 0.5) is 0 Å². The molecule has 1 fully saturated rings. The number of hydrogen-bond acceptors (Lipinski definition) is 5. The third-order valence-electron chi connectivity index (χ3n) is 3.24. The monoisotopic (exact) mass is 288 g/mol. The van der Waals surface area contributed by atoms with Crippen molar-refractivity contribution in [3.63, 3.8) is 0 Å². The zero-order chi connectivity index (χ0) is 14.3. The number of hydrogen-bond donors (Lipinski definition) is 0. The minimum Gasteiger partial charge on any atom is -0.465 e. The van der Waals surface area contributed by atoms with E-state index in [-0.39, 0.29) is 22.9 Å². The van der Waals surface area contributed by atoms with Gasteiger partial charge < -0.3 is 14.5 Å². The van der Waals surface area contributed by atoms with Crippen molar-refractivity contribution in [1.29, 1.82) is 0 Å². The highest BCUT2D eigenvalue weighted by atomic mass is 32.2. The highest BCUT2D eigenvalue weighted by Gasteiger charge is 2.25. The van der Waals surface area contributed by atoms with Gasteiger partial charge in [-0.25, -0.2) is 0 Å². The van der Waals surface area contributed by atoms with Gasteiger partial charge in [-0.15, -0.1) is 11.8 Å². The van der Waals surface area contributed by atoms with Crippen molar-refractivity contribution >= 4 is 23.6 Å². The molecule has 1 rings (SSSR count). The topological polar surface area (TPSA) is 49.9 Å². The lowest BCUT2D eigenvalue weighted by Crippen LogP contribution is -2.50. The van der Waals surface area contributed by atoms with E-state index in [9.17, 15) is 9.59 Å². The SMILES string of the molecule is CCOC(=O)CSC(C)C(=O)N1CCN(CC)CC1. The van der Waals surface area contributed by atoms with Crippen LogP contribution in [0, 0.1) is 0 Å². The molecule has 0 aliphatic carbocycles. The molecule has 0 saturated carbocycles. The molecular weight excluding hydrogens is 264 g/mol. The van der Waals surface area contributed by atoms with E-state index in [1.807, 2.05) is 11.8 Å². The van der Waals surface area contributed by atoms with Crippen LogP contribution in [0.1, 0.15) is 20.8 Å². The molecule has 0 aromatic carbocycles. The van der Waals surface area contributed by atoms with Crippen molar-refractivity contribution in [1.82, 2.24) is 9.80 Å². The smallest absolute Gasteiger partial charge is 0.315 e. The van der Waals surface area contributed by atoms with E-state index in [2.05, 4.69) is 11.8 Å². The minimum absolute atomic E-state index is 0.130. The first-order chi connectivity index (χ1) is 9.08. The van der Waals surface area contributed by atoms with Crippen LogP contribution in [0.5, 0.6) is 0 Å². The maximum absolute atomic E-state index is 12.2. The van der Waals surface area contributed by atoms with Gasteiger partial charge in [-0.05, 0) is 20.4 Å². The summed E-state index contributed by atoms with van der Waals surface area (Å²) in [5, 5.41) is -0.183. The molecule has 1 amide bonds. The summed E-state index contributed by atoms with van der Waals surface area (Å²) in [5.41, 5.74) is 0. The third kappa shape index (κ3) is 5.40. The largest absolute Gasteiger partial charge is 0.465 e. The molecule has 1 saturated heterocycles. The van der Waals surface area contributed by atoms with E-state index in [0.29, 0.717) is 6.61 Å². The number of amides is 1. The molecule has 1 heterocycles. The molecule has 1 aliphatic heterocycles. The molecule has 110 valence electrons. The summed E-state index contributed by atoms with van der Waals surface area (Å²) in [6, 6.07) is 0. The zero-order valence-electron chi connectivity index (χ0n) is 12.1. The van der Waals surface area contributed by atoms with E-state index in [0.717, 1.165) is 32.7 Å². The Kier molecular flexibility index (Phi) is 7.23. The maximum atomic E-state index is 12.2. The number of carbonyl (C=O) groups excluding carboxylic acids is 2. The molecule has 0 N–H and O–H groups in total. The van der Waals surface area contributed by atoms with Gasteiger partial charge in [0.2, 0.25) is 5.91 Å². The van der Waals surface area contributed by atoms with Crippen molar-refractivity contribution in [3.05, 3.63) is 0 Å². The van der Waals surface area contributed by atoms with Crippen molar-refractivity contribution in [2.45, 2.75) is 26.0 Å². The van der Waals surface area contributed by atoms with Crippen molar-refractivity contribution in [2.75, 3.05) is 45.1 Å². The van der Waals surface area contributed by atoms with Crippen molar-refractivity contribution < 1.29 is 14.3 Å². The number of piperazine rings is 1. The maximum Gasteiger partial charge on any atom is 0.315 e. The van der Waals surface area contributed by atoms with Gasteiger partial charge in [-0.2, -0.15) is 0 Å². The normalized spacial score (nSPS) is 18.2. The highest BCUT2D eigenvalue weighted by Crippen LogP contribution is 2.15. The van der Waals surface area contributed by atoms with E-state index in [1.54, 1.807) is 6.92 Å². The summed E-state index contributed by atoms with van der Waals surface area (Å²) < 4.78 is 4.85. The summed E-state index contributed by atoms with van der Waals surface area (Å²) >= 11 is 1.35. The van der Waals surface area contributed by atoms with Gasteiger partial charge in [0.05, 0.1) is 17.6 Å². The molecule has 0 radical (unpaired) electrons. The number of likely N-dealkylation sites (N-methyl/N-ethyl adjacent to an activating group) is 1. The molecule has 6 heteroatoms. The van der Waals surface area contributed by atoms with E-state index < -0.39 is 0 Å². The van der Waals surface area contributed by atoms with Crippen LogP contribution in [0.25, 0.3) is 0 Å². The molecule has 0 bridgehead atoms. The minimum atomic E-state index is -0.247. The van der Waals surface area contributed by atoms with Gasteiger partial charge >= 0.3 is 5.97 Å². The Hall–Kier alpha value is -0.750. The number of thioether (sulfide) groups is 1. The number of esters is 1. The van der Waals surface area contributed by atoms with Crippen LogP contribution in [0.15, 0.2) is 0 Å². The van der Waals surface area contributed by atoms with Gasteiger partial charge in [-0.3, -0.25) is 9.59 Å². The van der Waals surface area contributed by atoms with Crippen LogP contribution in [0.3, 0.4) is 0 Å². The second kappa shape index (κ2) is 8.43. The Balaban J connectivity index is 2.30. The second-order valence-corrected chi connectivity index (χ2v) is 5.85. The Bertz CT molecular complexity index is 304. The van der Waals surface area contributed by atoms with Gasteiger partial charge in [0, 0.05) is 26.2 Å². The number of carbonyl (C=O) groups is 2. The van der Waals surface area contributed by atoms with Crippen LogP contribution < -0.4 is 0 Å². The molecule has 0 aromatic rings.